The molecule has 17 heavy (non-hydrogen) atoms. The lowest BCUT2D eigenvalue weighted by Crippen LogP contribution is -2.31. The Kier molecular flexibility index (Phi) is 4.40. The topological polar surface area (TPSA) is 38.7 Å². The average Bonchev–Trinajstić information content (AvgIpc) is 2.39. The quantitative estimate of drug-likeness (QED) is 0.870. The molecule has 94 valence electrons. The lowest BCUT2D eigenvalue weighted by atomic mass is 9.94. The highest BCUT2D eigenvalue weighted by Crippen LogP contribution is 2.20. The highest BCUT2D eigenvalue weighted by atomic mass is 16.5. The number of hydrogen-bond acceptors (Lipinski definition) is 3. The van der Waals surface area contributed by atoms with Crippen LogP contribution in [0.25, 0.3) is 0 Å². The lowest BCUT2D eigenvalue weighted by Gasteiger charge is -2.26. The number of aliphatic hydroxyl groups is 1. The first-order valence-corrected chi connectivity index (χ1v) is 6.21. The highest BCUT2D eigenvalue weighted by Gasteiger charge is 2.22. The minimum Gasteiger partial charge on any atom is -0.491 e. The molecule has 0 amide bonds. The normalized spacial score (nSPS) is 18.9. The summed E-state index contributed by atoms with van der Waals surface area (Å²) in [5.41, 5.74) is 1.21. The zero-order valence-corrected chi connectivity index (χ0v) is 10.3. The molecule has 0 radical (unpaired) electrons. The fraction of sp³-hybridized carbons (Fsp3) is 0.571. The number of rotatable bonds is 4. The van der Waals surface area contributed by atoms with E-state index < -0.39 is 0 Å². The second-order valence-corrected chi connectivity index (χ2v) is 4.64. The van der Waals surface area contributed by atoms with Gasteiger partial charge in [0.05, 0.1) is 6.10 Å². The predicted molar refractivity (Wildman–Crippen MR) is 66.2 cm³/mol. The molecule has 1 aromatic rings. The number of ether oxygens (including phenoxy) is 2. The van der Waals surface area contributed by atoms with Crippen LogP contribution in [0.15, 0.2) is 24.3 Å². The molecule has 1 aromatic carbocycles. The Labute approximate surface area is 102 Å². The first-order chi connectivity index (χ1) is 8.25. The largest absolute Gasteiger partial charge is 0.491 e. The third-order valence-electron chi connectivity index (χ3n) is 3.25. The molecule has 3 nitrogen and oxygen atoms in total. The summed E-state index contributed by atoms with van der Waals surface area (Å²) in [5.74, 6) is 1.14. The molecule has 1 unspecified atom stereocenters. The molecule has 3 heteroatoms. The molecule has 1 atom stereocenters. The van der Waals surface area contributed by atoms with E-state index in [1.807, 2.05) is 31.2 Å². The Hall–Kier alpha value is -1.06. The number of benzene rings is 1. The molecular weight excluding hydrogens is 216 g/mol. The smallest absolute Gasteiger partial charge is 0.119 e. The molecule has 0 aliphatic carbocycles. The van der Waals surface area contributed by atoms with Gasteiger partial charge in [-0.25, -0.2) is 0 Å². The van der Waals surface area contributed by atoms with Crippen LogP contribution < -0.4 is 4.74 Å². The predicted octanol–water partition coefficient (Wildman–Crippen LogP) is 2.16. The van der Waals surface area contributed by atoms with Crippen molar-refractivity contribution < 1.29 is 14.6 Å². The van der Waals surface area contributed by atoms with Gasteiger partial charge in [-0.3, -0.25) is 0 Å². The van der Waals surface area contributed by atoms with E-state index in [2.05, 4.69) is 0 Å². The average molecular weight is 236 g/mol. The molecule has 1 aliphatic rings. The van der Waals surface area contributed by atoms with Gasteiger partial charge in [-0.2, -0.15) is 0 Å². The van der Waals surface area contributed by atoms with Crippen molar-refractivity contribution in [3.63, 3.8) is 0 Å². The molecule has 0 bridgehead atoms. The molecule has 1 aliphatic heterocycles. The number of hydrogen-bond donors (Lipinski definition) is 1. The van der Waals surface area contributed by atoms with E-state index >= 15 is 0 Å². The molecule has 1 fully saturated rings. The molecule has 1 heterocycles. The van der Waals surface area contributed by atoms with Gasteiger partial charge in [0.2, 0.25) is 0 Å². The Morgan fingerprint density at radius 2 is 1.94 bits per heavy atom. The van der Waals surface area contributed by atoms with Gasteiger partial charge in [-0.15, -0.1) is 0 Å². The summed E-state index contributed by atoms with van der Waals surface area (Å²) in [4.78, 5) is 0. The second kappa shape index (κ2) is 6.03. The Balaban J connectivity index is 1.78. The molecule has 2 rings (SSSR count). The van der Waals surface area contributed by atoms with Crippen LogP contribution in [0.5, 0.6) is 5.75 Å². The van der Waals surface area contributed by atoms with E-state index in [0.717, 1.165) is 31.8 Å². The zero-order valence-electron chi connectivity index (χ0n) is 10.3. The number of aliphatic hydroxyl groups excluding tert-OH is 1. The third-order valence-corrected chi connectivity index (χ3v) is 3.25. The summed E-state index contributed by atoms with van der Waals surface area (Å²) in [6.45, 7) is 3.92. The lowest BCUT2D eigenvalue weighted by molar-refractivity contribution is -0.0101. The SMILES string of the molecule is Cc1ccc(OCC(O)C2CCOCC2)cc1. The first kappa shape index (κ1) is 12.4. The van der Waals surface area contributed by atoms with Crippen molar-refractivity contribution >= 4 is 0 Å². The van der Waals surface area contributed by atoms with Crippen LogP contribution in [-0.2, 0) is 4.74 Å². The van der Waals surface area contributed by atoms with E-state index in [1.165, 1.54) is 5.56 Å². The summed E-state index contributed by atoms with van der Waals surface area (Å²) in [6.07, 6.45) is 1.47. The van der Waals surface area contributed by atoms with E-state index in [0.29, 0.717) is 12.5 Å². The van der Waals surface area contributed by atoms with Gasteiger partial charge >= 0.3 is 0 Å². The summed E-state index contributed by atoms with van der Waals surface area (Å²) >= 11 is 0. The van der Waals surface area contributed by atoms with Crippen LogP contribution in [0.1, 0.15) is 18.4 Å². The van der Waals surface area contributed by atoms with E-state index in [9.17, 15) is 5.11 Å². The van der Waals surface area contributed by atoms with E-state index in [-0.39, 0.29) is 6.10 Å². The highest BCUT2D eigenvalue weighted by molar-refractivity contribution is 5.26. The molecule has 0 aromatic heterocycles. The number of aryl methyl sites for hydroxylation is 1. The Morgan fingerprint density at radius 3 is 2.59 bits per heavy atom. The van der Waals surface area contributed by atoms with E-state index in [1.54, 1.807) is 0 Å². The standard InChI is InChI=1S/C14H20O3/c1-11-2-4-13(5-3-11)17-10-14(15)12-6-8-16-9-7-12/h2-5,12,14-15H,6-10H2,1H3. The minimum atomic E-state index is -0.389. The maximum absolute atomic E-state index is 10.0. The summed E-state index contributed by atoms with van der Waals surface area (Å²) in [6, 6.07) is 7.89. The van der Waals surface area contributed by atoms with Crippen molar-refractivity contribution in [3.05, 3.63) is 29.8 Å². The van der Waals surface area contributed by atoms with Crippen LogP contribution in [0.4, 0.5) is 0 Å². The molecule has 1 saturated heterocycles. The van der Waals surface area contributed by atoms with Crippen LogP contribution in [0.2, 0.25) is 0 Å². The Bertz CT molecular complexity index is 328. The molecule has 0 saturated carbocycles. The van der Waals surface area contributed by atoms with Crippen LogP contribution in [-0.4, -0.2) is 31.0 Å². The van der Waals surface area contributed by atoms with Crippen molar-refractivity contribution in [3.8, 4) is 5.75 Å². The molecule has 1 N–H and O–H groups in total. The van der Waals surface area contributed by atoms with Gasteiger partial charge in [-0.1, -0.05) is 17.7 Å². The summed E-state index contributed by atoms with van der Waals surface area (Å²) in [5, 5.41) is 10.0. The Morgan fingerprint density at radius 1 is 1.29 bits per heavy atom. The zero-order chi connectivity index (χ0) is 12.1. The van der Waals surface area contributed by atoms with Crippen molar-refractivity contribution in [2.24, 2.45) is 5.92 Å². The van der Waals surface area contributed by atoms with Crippen molar-refractivity contribution in [2.45, 2.75) is 25.9 Å². The van der Waals surface area contributed by atoms with Crippen LogP contribution in [0.3, 0.4) is 0 Å². The van der Waals surface area contributed by atoms with Crippen LogP contribution in [0, 0.1) is 12.8 Å². The third kappa shape index (κ3) is 3.72. The maximum atomic E-state index is 10.0. The second-order valence-electron chi connectivity index (χ2n) is 4.64. The van der Waals surface area contributed by atoms with Gasteiger partial charge in [0, 0.05) is 13.2 Å². The first-order valence-electron chi connectivity index (χ1n) is 6.21. The van der Waals surface area contributed by atoms with Crippen molar-refractivity contribution in [1.82, 2.24) is 0 Å². The minimum absolute atomic E-state index is 0.314. The maximum Gasteiger partial charge on any atom is 0.119 e. The molecule has 0 spiro atoms. The van der Waals surface area contributed by atoms with Crippen molar-refractivity contribution in [1.29, 1.82) is 0 Å². The van der Waals surface area contributed by atoms with E-state index in [4.69, 9.17) is 9.47 Å². The van der Waals surface area contributed by atoms with Gasteiger partial charge < -0.3 is 14.6 Å². The van der Waals surface area contributed by atoms with Crippen molar-refractivity contribution in [2.75, 3.05) is 19.8 Å². The van der Waals surface area contributed by atoms with Gasteiger partial charge in [0.1, 0.15) is 12.4 Å². The van der Waals surface area contributed by atoms with Gasteiger partial charge in [0.25, 0.3) is 0 Å². The monoisotopic (exact) mass is 236 g/mol. The summed E-state index contributed by atoms with van der Waals surface area (Å²) in [7, 11) is 0. The van der Waals surface area contributed by atoms with Gasteiger partial charge in [-0.05, 0) is 37.8 Å². The fourth-order valence-electron chi connectivity index (χ4n) is 2.05. The van der Waals surface area contributed by atoms with Crippen LogP contribution >= 0.6 is 0 Å². The fourth-order valence-corrected chi connectivity index (χ4v) is 2.05. The van der Waals surface area contributed by atoms with Gasteiger partial charge in [0.15, 0.2) is 0 Å². The molecular formula is C14H20O3. The summed E-state index contributed by atoms with van der Waals surface area (Å²) < 4.78 is 10.9.